The van der Waals surface area contributed by atoms with E-state index in [0.29, 0.717) is 0 Å². The molecule has 0 heterocycles. The van der Waals surface area contributed by atoms with Crippen molar-refractivity contribution in [3.05, 3.63) is 0 Å². The predicted octanol–water partition coefficient (Wildman–Crippen LogP) is 2.62. The summed E-state index contributed by atoms with van der Waals surface area (Å²) >= 11 is 0. The topological polar surface area (TPSA) is 26.3 Å². The Bertz CT molecular complexity index is 218. The summed E-state index contributed by atoms with van der Waals surface area (Å²) in [6.07, 6.45) is -0.899. The molecule has 4 heteroatoms. The van der Waals surface area contributed by atoms with Crippen molar-refractivity contribution in [3.63, 3.8) is 0 Å². The first-order valence-corrected chi connectivity index (χ1v) is 4.90. The van der Waals surface area contributed by atoms with Crippen LogP contribution in [0.3, 0.4) is 0 Å². The molecule has 2 nitrogen and oxygen atoms in total. The average Bonchev–Trinajstić information content (AvgIpc) is 1.99. The second-order valence-corrected chi connectivity index (χ2v) is 4.35. The van der Waals surface area contributed by atoms with Gasteiger partial charge in [0.05, 0.1) is 5.92 Å². The third-order valence-corrected chi connectivity index (χ3v) is 2.66. The van der Waals surface area contributed by atoms with Crippen molar-refractivity contribution in [2.45, 2.75) is 45.6 Å². The highest BCUT2D eigenvalue weighted by Crippen LogP contribution is 2.43. The van der Waals surface area contributed by atoms with Crippen LogP contribution in [0.5, 0.6) is 0 Å². The summed E-state index contributed by atoms with van der Waals surface area (Å²) in [4.78, 5) is 11.3. The number of esters is 1. The van der Waals surface area contributed by atoms with Crippen molar-refractivity contribution in [2.24, 2.45) is 11.8 Å². The van der Waals surface area contributed by atoms with Gasteiger partial charge in [-0.15, -0.1) is 0 Å². The SMILES string of the molecule is CC(C)C(C)OC(=O)C1CC(F)(F)C1. The van der Waals surface area contributed by atoms with Crippen LogP contribution in [0.4, 0.5) is 8.78 Å². The maximum atomic E-state index is 12.4. The van der Waals surface area contributed by atoms with Crippen LogP contribution in [-0.2, 0) is 9.53 Å². The van der Waals surface area contributed by atoms with Crippen LogP contribution in [0.25, 0.3) is 0 Å². The van der Waals surface area contributed by atoms with Crippen LogP contribution in [0.1, 0.15) is 33.6 Å². The van der Waals surface area contributed by atoms with E-state index >= 15 is 0 Å². The van der Waals surface area contributed by atoms with E-state index in [1.165, 1.54) is 0 Å². The summed E-state index contributed by atoms with van der Waals surface area (Å²) in [5.74, 6) is -3.49. The van der Waals surface area contributed by atoms with Crippen molar-refractivity contribution in [2.75, 3.05) is 0 Å². The molecule has 0 radical (unpaired) electrons. The minimum absolute atomic E-state index is 0.197. The summed E-state index contributed by atoms with van der Waals surface area (Å²) in [5.41, 5.74) is 0. The number of hydrogen-bond donors (Lipinski definition) is 0. The zero-order chi connectivity index (χ0) is 10.9. The highest BCUT2D eigenvalue weighted by atomic mass is 19.3. The van der Waals surface area contributed by atoms with Gasteiger partial charge in [-0.3, -0.25) is 4.79 Å². The lowest BCUT2D eigenvalue weighted by Gasteiger charge is -2.34. The lowest BCUT2D eigenvalue weighted by Crippen LogP contribution is -2.41. The van der Waals surface area contributed by atoms with E-state index in [4.69, 9.17) is 4.74 Å². The standard InChI is InChI=1S/C10H16F2O2/c1-6(2)7(3)14-9(13)8-4-10(11,12)5-8/h6-8H,4-5H2,1-3H3. The summed E-state index contributed by atoms with van der Waals surface area (Å²) < 4.78 is 29.9. The predicted molar refractivity (Wildman–Crippen MR) is 48.1 cm³/mol. The zero-order valence-corrected chi connectivity index (χ0v) is 8.72. The van der Waals surface area contributed by atoms with Crippen LogP contribution in [-0.4, -0.2) is 18.0 Å². The highest BCUT2D eigenvalue weighted by Gasteiger charge is 2.49. The van der Waals surface area contributed by atoms with Gasteiger partial charge in [-0.2, -0.15) is 0 Å². The Balaban J connectivity index is 2.31. The third kappa shape index (κ3) is 2.66. The fourth-order valence-electron chi connectivity index (χ4n) is 1.24. The first-order chi connectivity index (χ1) is 6.32. The first-order valence-electron chi connectivity index (χ1n) is 4.90. The number of halogens is 2. The van der Waals surface area contributed by atoms with E-state index < -0.39 is 17.8 Å². The maximum absolute atomic E-state index is 12.4. The fourth-order valence-corrected chi connectivity index (χ4v) is 1.24. The summed E-state index contributed by atoms with van der Waals surface area (Å²) in [7, 11) is 0. The molecular formula is C10H16F2O2. The number of ether oxygens (including phenoxy) is 1. The minimum atomic E-state index is -2.65. The number of hydrogen-bond acceptors (Lipinski definition) is 2. The Morgan fingerprint density at radius 3 is 2.21 bits per heavy atom. The second kappa shape index (κ2) is 3.83. The Morgan fingerprint density at radius 2 is 1.86 bits per heavy atom. The number of rotatable bonds is 3. The van der Waals surface area contributed by atoms with Gasteiger partial charge < -0.3 is 4.74 Å². The van der Waals surface area contributed by atoms with Gasteiger partial charge in [-0.05, 0) is 12.8 Å². The molecule has 82 valence electrons. The molecular weight excluding hydrogens is 190 g/mol. The summed E-state index contributed by atoms with van der Waals surface area (Å²) in [6, 6.07) is 0. The molecule has 1 fully saturated rings. The highest BCUT2D eigenvalue weighted by molar-refractivity contribution is 5.74. The molecule has 1 unspecified atom stereocenters. The molecule has 1 aliphatic rings. The number of carbonyl (C=O) groups excluding carboxylic acids is 1. The molecule has 1 atom stereocenters. The molecule has 0 N–H and O–H groups in total. The van der Waals surface area contributed by atoms with Gasteiger partial charge in [0.2, 0.25) is 5.92 Å². The largest absolute Gasteiger partial charge is 0.462 e. The molecule has 0 aromatic rings. The fraction of sp³-hybridized carbons (Fsp3) is 0.900. The molecule has 1 aliphatic carbocycles. The number of alkyl halides is 2. The van der Waals surface area contributed by atoms with Gasteiger partial charge in [0.25, 0.3) is 0 Å². The van der Waals surface area contributed by atoms with Crippen LogP contribution < -0.4 is 0 Å². The van der Waals surface area contributed by atoms with Gasteiger partial charge in [-0.25, -0.2) is 8.78 Å². The zero-order valence-electron chi connectivity index (χ0n) is 8.72. The molecule has 0 aromatic carbocycles. The van der Waals surface area contributed by atoms with Crippen molar-refractivity contribution in [1.82, 2.24) is 0 Å². The van der Waals surface area contributed by atoms with Gasteiger partial charge in [-0.1, -0.05) is 13.8 Å². The Hall–Kier alpha value is -0.670. The number of carbonyl (C=O) groups is 1. The van der Waals surface area contributed by atoms with E-state index in [2.05, 4.69) is 0 Å². The Labute approximate surface area is 82.6 Å². The monoisotopic (exact) mass is 206 g/mol. The maximum Gasteiger partial charge on any atom is 0.309 e. The molecule has 0 aliphatic heterocycles. The molecule has 0 spiro atoms. The average molecular weight is 206 g/mol. The van der Waals surface area contributed by atoms with Gasteiger partial charge in [0.1, 0.15) is 6.10 Å². The van der Waals surface area contributed by atoms with E-state index in [-0.39, 0.29) is 24.9 Å². The minimum Gasteiger partial charge on any atom is -0.462 e. The summed E-state index contributed by atoms with van der Waals surface area (Å²) in [6.45, 7) is 5.63. The van der Waals surface area contributed by atoms with Crippen molar-refractivity contribution in [1.29, 1.82) is 0 Å². The molecule has 0 aromatic heterocycles. The molecule has 1 saturated carbocycles. The normalized spacial score (nSPS) is 23.0. The lowest BCUT2D eigenvalue weighted by atomic mass is 9.81. The Kier molecular flexibility index (Phi) is 3.12. The smallest absolute Gasteiger partial charge is 0.309 e. The van der Waals surface area contributed by atoms with Gasteiger partial charge in [0.15, 0.2) is 0 Å². The van der Waals surface area contributed by atoms with E-state index in [0.717, 1.165) is 0 Å². The summed E-state index contributed by atoms with van der Waals surface area (Å²) in [5, 5.41) is 0. The van der Waals surface area contributed by atoms with E-state index in [9.17, 15) is 13.6 Å². The van der Waals surface area contributed by atoms with Gasteiger partial charge >= 0.3 is 5.97 Å². The Morgan fingerprint density at radius 1 is 1.36 bits per heavy atom. The van der Waals surface area contributed by atoms with E-state index in [1.54, 1.807) is 6.92 Å². The van der Waals surface area contributed by atoms with Crippen molar-refractivity contribution < 1.29 is 18.3 Å². The van der Waals surface area contributed by atoms with Gasteiger partial charge in [0, 0.05) is 12.8 Å². The quantitative estimate of drug-likeness (QED) is 0.663. The molecule has 0 bridgehead atoms. The molecule has 0 amide bonds. The first kappa shape index (κ1) is 11.4. The van der Waals surface area contributed by atoms with Crippen LogP contribution in [0.2, 0.25) is 0 Å². The van der Waals surface area contributed by atoms with Crippen LogP contribution in [0, 0.1) is 11.8 Å². The van der Waals surface area contributed by atoms with Crippen molar-refractivity contribution in [3.8, 4) is 0 Å². The third-order valence-electron chi connectivity index (χ3n) is 2.66. The molecule has 0 saturated heterocycles. The van der Waals surface area contributed by atoms with Crippen molar-refractivity contribution >= 4 is 5.97 Å². The van der Waals surface area contributed by atoms with Crippen LogP contribution >= 0.6 is 0 Å². The van der Waals surface area contributed by atoms with Crippen LogP contribution in [0.15, 0.2) is 0 Å². The second-order valence-electron chi connectivity index (χ2n) is 4.35. The molecule has 1 rings (SSSR count). The molecule has 14 heavy (non-hydrogen) atoms. The van der Waals surface area contributed by atoms with E-state index in [1.807, 2.05) is 13.8 Å². The lowest BCUT2D eigenvalue weighted by molar-refractivity contribution is -0.177.